The van der Waals surface area contributed by atoms with Crippen LogP contribution in [-0.4, -0.2) is 12.0 Å². The molecule has 1 heterocycles. The molecule has 0 unspecified atom stereocenters. The first-order valence-corrected chi connectivity index (χ1v) is 6.41. The summed E-state index contributed by atoms with van der Waals surface area (Å²) in [6, 6.07) is 6.84. The van der Waals surface area contributed by atoms with Crippen LogP contribution in [0, 0.1) is 0 Å². The molecule has 0 aromatic heterocycles. The van der Waals surface area contributed by atoms with Crippen LogP contribution >= 0.6 is 23.5 Å². The Balaban J connectivity index is 2.36. The topological polar surface area (TPSA) is 0 Å². The number of hydrogen-bond donors (Lipinski definition) is 0. The Labute approximate surface area is 82.1 Å². The van der Waals surface area contributed by atoms with Gasteiger partial charge in [0.2, 0.25) is 0 Å². The molecule has 1 aromatic rings. The molecule has 0 saturated carbocycles. The molecule has 0 saturated heterocycles. The third kappa shape index (κ3) is 1.64. The van der Waals surface area contributed by atoms with Crippen molar-refractivity contribution in [3.8, 4) is 0 Å². The monoisotopic (exact) mass is 196 g/mol. The molecule has 0 N–H and O–H groups in total. The van der Waals surface area contributed by atoms with Gasteiger partial charge in [0.05, 0.1) is 0 Å². The van der Waals surface area contributed by atoms with Gasteiger partial charge in [0.25, 0.3) is 0 Å². The van der Waals surface area contributed by atoms with Gasteiger partial charge in [-0.3, -0.25) is 0 Å². The number of thioether (sulfide) groups is 2. The summed E-state index contributed by atoms with van der Waals surface area (Å²) in [6.45, 7) is 0. The molecule has 1 aliphatic rings. The molecule has 0 spiro atoms. The standard InChI is InChI=1S/C10H12S2/c1-11-9-5-4-8-3-2-6-12-10(8)7-9/h4-5,7H,2-3,6H2,1H3. The highest BCUT2D eigenvalue weighted by molar-refractivity contribution is 7.99. The smallest absolute Gasteiger partial charge is 0.0115 e. The van der Waals surface area contributed by atoms with E-state index in [2.05, 4.69) is 24.5 Å². The van der Waals surface area contributed by atoms with E-state index in [-0.39, 0.29) is 0 Å². The molecular formula is C10H12S2. The van der Waals surface area contributed by atoms with Crippen LogP contribution in [0.5, 0.6) is 0 Å². The Kier molecular flexibility index (Phi) is 2.66. The second-order valence-corrected chi connectivity index (χ2v) is 4.94. The van der Waals surface area contributed by atoms with Crippen LogP contribution in [-0.2, 0) is 6.42 Å². The first-order chi connectivity index (χ1) is 5.90. The molecule has 2 heteroatoms. The normalized spacial score (nSPS) is 15.8. The van der Waals surface area contributed by atoms with Crippen molar-refractivity contribution in [2.75, 3.05) is 12.0 Å². The van der Waals surface area contributed by atoms with Crippen LogP contribution in [0.25, 0.3) is 0 Å². The number of aryl methyl sites for hydroxylation is 1. The summed E-state index contributed by atoms with van der Waals surface area (Å²) in [5, 5.41) is 0. The van der Waals surface area contributed by atoms with E-state index in [1.54, 1.807) is 5.56 Å². The van der Waals surface area contributed by atoms with Crippen molar-refractivity contribution >= 4 is 23.5 Å². The highest BCUT2D eigenvalue weighted by Crippen LogP contribution is 2.32. The van der Waals surface area contributed by atoms with E-state index in [4.69, 9.17) is 0 Å². The molecule has 64 valence electrons. The summed E-state index contributed by atoms with van der Waals surface area (Å²) in [5.74, 6) is 1.30. The maximum atomic E-state index is 2.32. The van der Waals surface area contributed by atoms with Crippen molar-refractivity contribution in [2.24, 2.45) is 0 Å². The van der Waals surface area contributed by atoms with Gasteiger partial charge in [0, 0.05) is 9.79 Å². The van der Waals surface area contributed by atoms with E-state index in [9.17, 15) is 0 Å². The lowest BCUT2D eigenvalue weighted by molar-refractivity contribution is 0.885. The van der Waals surface area contributed by atoms with E-state index in [1.807, 2.05) is 23.5 Å². The molecule has 1 aliphatic heterocycles. The third-order valence-corrected chi connectivity index (χ3v) is 4.03. The van der Waals surface area contributed by atoms with Crippen LogP contribution in [0.15, 0.2) is 28.0 Å². The molecule has 0 fully saturated rings. The fraction of sp³-hybridized carbons (Fsp3) is 0.400. The van der Waals surface area contributed by atoms with Crippen LogP contribution in [0.3, 0.4) is 0 Å². The molecule has 0 amide bonds. The number of hydrogen-bond acceptors (Lipinski definition) is 2. The van der Waals surface area contributed by atoms with Crippen LogP contribution in [0.4, 0.5) is 0 Å². The third-order valence-electron chi connectivity index (χ3n) is 2.12. The molecule has 12 heavy (non-hydrogen) atoms. The van der Waals surface area contributed by atoms with Gasteiger partial charge in [-0.2, -0.15) is 0 Å². The van der Waals surface area contributed by atoms with Crippen LogP contribution < -0.4 is 0 Å². The number of fused-ring (bicyclic) bond motifs is 1. The molecule has 2 rings (SSSR count). The molecule has 0 radical (unpaired) electrons. The Morgan fingerprint density at radius 2 is 2.33 bits per heavy atom. The molecule has 0 atom stereocenters. The molecular weight excluding hydrogens is 184 g/mol. The maximum absolute atomic E-state index is 2.32. The second kappa shape index (κ2) is 3.75. The van der Waals surface area contributed by atoms with E-state index < -0.39 is 0 Å². The van der Waals surface area contributed by atoms with Gasteiger partial charge in [0.1, 0.15) is 0 Å². The van der Waals surface area contributed by atoms with E-state index >= 15 is 0 Å². The fourth-order valence-corrected chi connectivity index (χ4v) is 3.04. The Hall–Kier alpha value is -0.0800. The van der Waals surface area contributed by atoms with Crippen molar-refractivity contribution in [3.05, 3.63) is 23.8 Å². The van der Waals surface area contributed by atoms with E-state index in [0.717, 1.165) is 0 Å². The fourth-order valence-electron chi connectivity index (χ4n) is 1.45. The predicted molar refractivity (Wildman–Crippen MR) is 57.3 cm³/mol. The maximum Gasteiger partial charge on any atom is 0.0115 e. The largest absolute Gasteiger partial charge is 0.130 e. The Bertz CT molecular complexity index is 281. The summed E-state index contributed by atoms with van der Waals surface area (Å²) in [6.07, 6.45) is 4.75. The average Bonchev–Trinajstić information content (AvgIpc) is 2.17. The van der Waals surface area contributed by atoms with E-state index in [0.29, 0.717) is 0 Å². The number of benzene rings is 1. The van der Waals surface area contributed by atoms with Gasteiger partial charge in [-0.05, 0) is 42.5 Å². The van der Waals surface area contributed by atoms with Gasteiger partial charge < -0.3 is 0 Å². The van der Waals surface area contributed by atoms with Gasteiger partial charge in [0.15, 0.2) is 0 Å². The van der Waals surface area contributed by atoms with Gasteiger partial charge in [-0.25, -0.2) is 0 Å². The van der Waals surface area contributed by atoms with E-state index in [1.165, 1.54) is 28.4 Å². The first-order valence-electron chi connectivity index (χ1n) is 4.20. The highest BCUT2D eigenvalue weighted by Gasteiger charge is 2.09. The summed E-state index contributed by atoms with van der Waals surface area (Å²) in [7, 11) is 0. The number of rotatable bonds is 1. The summed E-state index contributed by atoms with van der Waals surface area (Å²) in [4.78, 5) is 2.90. The predicted octanol–water partition coefficient (Wildman–Crippen LogP) is 3.45. The lowest BCUT2D eigenvalue weighted by Gasteiger charge is -2.15. The zero-order valence-electron chi connectivity index (χ0n) is 7.17. The molecule has 0 bridgehead atoms. The lowest BCUT2D eigenvalue weighted by Crippen LogP contribution is -1.97. The summed E-state index contributed by atoms with van der Waals surface area (Å²) >= 11 is 3.83. The average molecular weight is 196 g/mol. The minimum Gasteiger partial charge on any atom is -0.130 e. The van der Waals surface area contributed by atoms with Crippen LogP contribution in [0.1, 0.15) is 12.0 Å². The van der Waals surface area contributed by atoms with Gasteiger partial charge in [-0.15, -0.1) is 23.5 Å². The van der Waals surface area contributed by atoms with Crippen molar-refractivity contribution in [2.45, 2.75) is 22.6 Å². The first kappa shape index (κ1) is 8.52. The van der Waals surface area contributed by atoms with Crippen molar-refractivity contribution < 1.29 is 0 Å². The molecule has 1 aromatic carbocycles. The van der Waals surface area contributed by atoms with Crippen molar-refractivity contribution in [1.29, 1.82) is 0 Å². The molecule has 0 nitrogen and oxygen atoms in total. The van der Waals surface area contributed by atoms with Crippen molar-refractivity contribution in [1.82, 2.24) is 0 Å². The quantitative estimate of drug-likeness (QED) is 0.631. The second-order valence-electron chi connectivity index (χ2n) is 2.93. The SMILES string of the molecule is CSc1ccc2c(c1)SCCC2. The zero-order chi connectivity index (χ0) is 8.39. The minimum absolute atomic E-state index is 1.27. The Morgan fingerprint density at radius 3 is 3.17 bits per heavy atom. The van der Waals surface area contributed by atoms with Crippen molar-refractivity contribution in [3.63, 3.8) is 0 Å². The van der Waals surface area contributed by atoms with Gasteiger partial charge >= 0.3 is 0 Å². The summed E-state index contributed by atoms with van der Waals surface area (Å²) < 4.78 is 0. The Morgan fingerprint density at radius 1 is 1.42 bits per heavy atom. The summed E-state index contributed by atoms with van der Waals surface area (Å²) in [5.41, 5.74) is 1.55. The van der Waals surface area contributed by atoms with Crippen LogP contribution in [0.2, 0.25) is 0 Å². The lowest BCUT2D eigenvalue weighted by atomic mass is 10.1. The molecule has 0 aliphatic carbocycles. The van der Waals surface area contributed by atoms with Gasteiger partial charge in [-0.1, -0.05) is 6.07 Å². The highest BCUT2D eigenvalue weighted by atomic mass is 32.2. The zero-order valence-corrected chi connectivity index (χ0v) is 8.80. The minimum atomic E-state index is 1.27.